The number of nitrogens with zero attached hydrogens (tertiary/aromatic N) is 1. The number of amides is 1. The van der Waals surface area contributed by atoms with Crippen molar-refractivity contribution in [1.82, 2.24) is 4.90 Å². The summed E-state index contributed by atoms with van der Waals surface area (Å²) in [4.78, 5) is 13.2. The topological polar surface area (TPSA) is 46.3 Å². The van der Waals surface area contributed by atoms with Crippen LogP contribution >= 0.6 is 0 Å². The first-order valence-electron chi connectivity index (χ1n) is 5.16. The van der Waals surface area contributed by atoms with Gasteiger partial charge in [-0.1, -0.05) is 0 Å². The average molecular weight is 182 g/mol. The Bertz CT molecular complexity index is 213. The number of likely N-dealkylation sites (tertiary alicyclic amines) is 1. The van der Waals surface area contributed by atoms with Crippen molar-refractivity contribution in [2.75, 3.05) is 20.1 Å². The first-order chi connectivity index (χ1) is 6.22. The Kier molecular flexibility index (Phi) is 2.28. The molecule has 2 atom stereocenters. The standard InChI is InChI=1S/C10H18N2O/c1-12-6-8(4-10(12)13)9(5-11)7-2-3-7/h7-9H,2-6,11H2,1H3. The molecular weight excluding hydrogens is 164 g/mol. The Balaban J connectivity index is 1.96. The monoisotopic (exact) mass is 182 g/mol. The molecule has 1 amide bonds. The van der Waals surface area contributed by atoms with Crippen LogP contribution in [0.4, 0.5) is 0 Å². The maximum atomic E-state index is 11.3. The zero-order valence-electron chi connectivity index (χ0n) is 8.20. The molecule has 2 N–H and O–H groups in total. The summed E-state index contributed by atoms with van der Waals surface area (Å²) in [7, 11) is 1.89. The minimum absolute atomic E-state index is 0.295. The van der Waals surface area contributed by atoms with E-state index in [1.807, 2.05) is 11.9 Å². The largest absolute Gasteiger partial charge is 0.345 e. The molecule has 0 aromatic carbocycles. The van der Waals surface area contributed by atoms with Gasteiger partial charge in [0, 0.05) is 20.0 Å². The van der Waals surface area contributed by atoms with E-state index in [1.165, 1.54) is 12.8 Å². The van der Waals surface area contributed by atoms with Gasteiger partial charge in [0.15, 0.2) is 0 Å². The van der Waals surface area contributed by atoms with Crippen LogP contribution in [0.1, 0.15) is 19.3 Å². The van der Waals surface area contributed by atoms with Crippen molar-refractivity contribution in [2.45, 2.75) is 19.3 Å². The molecule has 2 fully saturated rings. The van der Waals surface area contributed by atoms with E-state index < -0.39 is 0 Å². The second-order valence-corrected chi connectivity index (χ2v) is 4.48. The molecule has 1 aliphatic carbocycles. The van der Waals surface area contributed by atoms with Crippen molar-refractivity contribution in [1.29, 1.82) is 0 Å². The number of rotatable bonds is 3. The summed E-state index contributed by atoms with van der Waals surface area (Å²) < 4.78 is 0. The summed E-state index contributed by atoms with van der Waals surface area (Å²) >= 11 is 0. The van der Waals surface area contributed by atoms with E-state index in [-0.39, 0.29) is 0 Å². The molecule has 0 spiro atoms. The molecule has 1 saturated carbocycles. The number of nitrogens with two attached hydrogens (primary N) is 1. The Morgan fingerprint density at radius 3 is 2.62 bits per heavy atom. The lowest BCUT2D eigenvalue weighted by Gasteiger charge is -2.20. The van der Waals surface area contributed by atoms with Gasteiger partial charge in [-0.25, -0.2) is 0 Å². The fraction of sp³-hybridized carbons (Fsp3) is 0.900. The van der Waals surface area contributed by atoms with Crippen molar-refractivity contribution >= 4 is 5.91 Å². The molecule has 0 aromatic rings. The van der Waals surface area contributed by atoms with E-state index in [4.69, 9.17) is 5.73 Å². The van der Waals surface area contributed by atoms with Crippen LogP contribution in [0, 0.1) is 17.8 Å². The van der Waals surface area contributed by atoms with Gasteiger partial charge < -0.3 is 10.6 Å². The third kappa shape index (κ3) is 1.70. The van der Waals surface area contributed by atoms with Gasteiger partial charge in [-0.05, 0) is 37.1 Å². The summed E-state index contributed by atoms with van der Waals surface area (Å²) in [6.45, 7) is 1.69. The van der Waals surface area contributed by atoms with Crippen molar-refractivity contribution in [2.24, 2.45) is 23.5 Å². The molecule has 1 saturated heterocycles. The fourth-order valence-electron chi connectivity index (χ4n) is 2.48. The maximum absolute atomic E-state index is 11.3. The lowest BCUT2D eigenvalue weighted by molar-refractivity contribution is -0.126. The normalized spacial score (nSPS) is 31.1. The Labute approximate surface area is 79.3 Å². The van der Waals surface area contributed by atoms with Gasteiger partial charge in [-0.2, -0.15) is 0 Å². The van der Waals surface area contributed by atoms with E-state index in [0.717, 1.165) is 25.4 Å². The SMILES string of the molecule is CN1CC(C(CN)C2CC2)CC1=O. The molecule has 13 heavy (non-hydrogen) atoms. The van der Waals surface area contributed by atoms with Crippen LogP contribution in [0.3, 0.4) is 0 Å². The first kappa shape index (κ1) is 9.00. The minimum atomic E-state index is 0.295. The van der Waals surface area contributed by atoms with Crippen molar-refractivity contribution in [3.8, 4) is 0 Å². The summed E-state index contributed by atoms with van der Waals surface area (Å²) in [6.07, 6.45) is 3.39. The summed E-state index contributed by atoms with van der Waals surface area (Å²) in [5.74, 6) is 2.27. The van der Waals surface area contributed by atoms with Crippen LogP contribution in [-0.2, 0) is 4.79 Å². The smallest absolute Gasteiger partial charge is 0.222 e. The first-order valence-corrected chi connectivity index (χ1v) is 5.16. The Morgan fingerprint density at radius 2 is 2.23 bits per heavy atom. The number of hydrogen-bond acceptors (Lipinski definition) is 2. The average Bonchev–Trinajstić information content (AvgIpc) is 2.84. The Morgan fingerprint density at radius 1 is 1.54 bits per heavy atom. The second kappa shape index (κ2) is 3.29. The molecule has 0 radical (unpaired) electrons. The van der Waals surface area contributed by atoms with Crippen LogP contribution in [0.25, 0.3) is 0 Å². The lowest BCUT2D eigenvalue weighted by Crippen LogP contribution is -2.27. The zero-order valence-corrected chi connectivity index (χ0v) is 8.20. The van der Waals surface area contributed by atoms with E-state index in [0.29, 0.717) is 17.7 Å². The molecule has 74 valence electrons. The van der Waals surface area contributed by atoms with Gasteiger partial charge in [-0.3, -0.25) is 4.79 Å². The fourth-order valence-corrected chi connectivity index (χ4v) is 2.48. The summed E-state index contributed by atoms with van der Waals surface area (Å²) in [5.41, 5.74) is 5.75. The molecule has 3 nitrogen and oxygen atoms in total. The number of hydrogen-bond donors (Lipinski definition) is 1. The van der Waals surface area contributed by atoms with E-state index in [1.54, 1.807) is 0 Å². The van der Waals surface area contributed by atoms with Gasteiger partial charge in [0.1, 0.15) is 0 Å². The van der Waals surface area contributed by atoms with Gasteiger partial charge >= 0.3 is 0 Å². The lowest BCUT2D eigenvalue weighted by atomic mass is 9.87. The van der Waals surface area contributed by atoms with E-state index in [9.17, 15) is 4.79 Å². The van der Waals surface area contributed by atoms with Gasteiger partial charge in [0.05, 0.1) is 0 Å². The van der Waals surface area contributed by atoms with E-state index >= 15 is 0 Å². The highest BCUT2D eigenvalue weighted by Gasteiger charge is 2.40. The van der Waals surface area contributed by atoms with Crippen molar-refractivity contribution in [3.63, 3.8) is 0 Å². The van der Waals surface area contributed by atoms with E-state index in [2.05, 4.69) is 0 Å². The predicted molar refractivity (Wildman–Crippen MR) is 51.0 cm³/mol. The van der Waals surface area contributed by atoms with Crippen LogP contribution in [0.15, 0.2) is 0 Å². The summed E-state index contributed by atoms with van der Waals surface area (Å²) in [6, 6.07) is 0. The predicted octanol–water partition coefficient (Wildman–Crippen LogP) is 0.450. The highest BCUT2D eigenvalue weighted by atomic mass is 16.2. The van der Waals surface area contributed by atoms with Gasteiger partial charge in [-0.15, -0.1) is 0 Å². The molecule has 0 bridgehead atoms. The van der Waals surface area contributed by atoms with Gasteiger partial charge in [0.25, 0.3) is 0 Å². The molecule has 2 aliphatic rings. The molecule has 2 rings (SSSR count). The molecule has 1 heterocycles. The number of carbonyl (C=O) groups excluding carboxylic acids is 1. The van der Waals surface area contributed by atoms with Crippen LogP contribution in [-0.4, -0.2) is 30.9 Å². The number of carbonyl (C=O) groups is 1. The third-order valence-corrected chi connectivity index (χ3v) is 3.48. The maximum Gasteiger partial charge on any atom is 0.222 e. The van der Waals surface area contributed by atoms with Gasteiger partial charge in [0.2, 0.25) is 5.91 Å². The summed E-state index contributed by atoms with van der Waals surface area (Å²) in [5, 5.41) is 0. The molecule has 0 aromatic heterocycles. The molecular formula is C10H18N2O. The van der Waals surface area contributed by atoms with Crippen LogP contribution < -0.4 is 5.73 Å². The second-order valence-electron chi connectivity index (χ2n) is 4.48. The van der Waals surface area contributed by atoms with Crippen molar-refractivity contribution < 1.29 is 4.79 Å². The van der Waals surface area contributed by atoms with Crippen molar-refractivity contribution in [3.05, 3.63) is 0 Å². The third-order valence-electron chi connectivity index (χ3n) is 3.48. The van der Waals surface area contributed by atoms with Crippen LogP contribution in [0.2, 0.25) is 0 Å². The molecule has 2 unspecified atom stereocenters. The Hall–Kier alpha value is -0.570. The highest BCUT2D eigenvalue weighted by Crippen LogP contribution is 2.42. The zero-order chi connectivity index (χ0) is 9.42. The quantitative estimate of drug-likeness (QED) is 0.689. The molecule has 3 heteroatoms. The highest BCUT2D eigenvalue weighted by molar-refractivity contribution is 5.78. The van der Waals surface area contributed by atoms with Crippen LogP contribution in [0.5, 0.6) is 0 Å². The molecule has 1 aliphatic heterocycles. The minimum Gasteiger partial charge on any atom is -0.345 e.